The Kier molecular flexibility index (Phi) is 10.1. The van der Waals surface area contributed by atoms with Crippen LogP contribution in [0.1, 0.15) is 45.1 Å². The van der Waals surface area contributed by atoms with Crippen molar-refractivity contribution < 1.29 is 4.74 Å². The summed E-state index contributed by atoms with van der Waals surface area (Å²) in [7, 11) is 1.66. The molecule has 0 radical (unpaired) electrons. The minimum absolute atomic E-state index is 0.209. The van der Waals surface area contributed by atoms with Crippen LogP contribution in [0.3, 0.4) is 0 Å². The van der Waals surface area contributed by atoms with E-state index in [9.17, 15) is 0 Å². The number of aliphatic imine (C=N–C) groups is 1. The van der Waals surface area contributed by atoms with E-state index in [0.29, 0.717) is 24.4 Å². The fraction of sp³-hybridized carbons (Fsp3) is 0.353. The standard InChI is InChI=1S/C34H42N4O/c1-4-5-6-9-25(2)20-33(35)29-14-15-32(39-3)23-30(22-29)34(36)37-31-16-18-38(19-17-31)24-26-12-13-27-10-7-8-11-28(27)21-26/h4-15,21,23,25,31,35H,16-20,22,24H2,1-3H3,(H2,36,37)/b5-4-,9-6-,35-33?. The van der Waals surface area contributed by atoms with E-state index < -0.39 is 0 Å². The van der Waals surface area contributed by atoms with Crippen molar-refractivity contribution in [3.8, 4) is 0 Å². The molecular formula is C34H42N4O. The zero-order valence-electron chi connectivity index (χ0n) is 23.6. The van der Waals surface area contributed by atoms with Crippen molar-refractivity contribution in [3.05, 3.63) is 107 Å². The van der Waals surface area contributed by atoms with Crippen LogP contribution in [0, 0.1) is 11.3 Å². The Morgan fingerprint density at radius 1 is 1.10 bits per heavy atom. The number of benzene rings is 2. The molecule has 204 valence electrons. The second-order valence-electron chi connectivity index (χ2n) is 10.6. The largest absolute Gasteiger partial charge is 0.497 e. The summed E-state index contributed by atoms with van der Waals surface area (Å²) in [6.07, 6.45) is 17.3. The summed E-state index contributed by atoms with van der Waals surface area (Å²) in [6.45, 7) is 7.11. The molecule has 3 N–H and O–H groups in total. The molecular weight excluding hydrogens is 480 g/mol. The number of nitrogens with zero attached hydrogens (tertiary/aromatic N) is 2. The van der Waals surface area contributed by atoms with Crippen LogP contribution in [0.15, 0.2) is 107 Å². The summed E-state index contributed by atoms with van der Waals surface area (Å²) >= 11 is 0. The molecule has 1 aliphatic carbocycles. The highest BCUT2D eigenvalue weighted by Gasteiger charge is 2.21. The third-order valence-electron chi connectivity index (χ3n) is 7.47. The third-order valence-corrected chi connectivity index (χ3v) is 7.47. The Morgan fingerprint density at radius 2 is 1.87 bits per heavy atom. The number of ether oxygens (including phenoxy) is 1. The average molecular weight is 523 g/mol. The number of amidine groups is 1. The van der Waals surface area contributed by atoms with Crippen molar-refractivity contribution in [3.63, 3.8) is 0 Å². The Morgan fingerprint density at radius 3 is 2.62 bits per heavy atom. The van der Waals surface area contributed by atoms with Gasteiger partial charge in [-0.15, -0.1) is 0 Å². The molecule has 0 saturated carbocycles. The van der Waals surface area contributed by atoms with Gasteiger partial charge in [-0.05, 0) is 72.2 Å². The fourth-order valence-electron chi connectivity index (χ4n) is 5.18. The maximum atomic E-state index is 8.75. The lowest BCUT2D eigenvalue weighted by atomic mass is 9.94. The van der Waals surface area contributed by atoms with Gasteiger partial charge in [0.15, 0.2) is 0 Å². The quantitative estimate of drug-likeness (QED) is 0.198. The minimum Gasteiger partial charge on any atom is -0.497 e. The predicted octanol–water partition coefficient (Wildman–Crippen LogP) is 7.13. The summed E-state index contributed by atoms with van der Waals surface area (Å²) in [5, 5.41) is 11.3. The lowest BCUT2D eigenvalue weighted by molar-refractivity contribution is 0.206. The maximum Gasteiger partial charge on any atom is 0.122 e. The van der Waals surface area contributed by atoms with Crippen molar-refractivity contribution in [1.82, 2.24) is 4.90 Å². The van der Waals surface area contributed by atoms with Gasteiger partial charge >= 0.3 is 0 Å². The van der Waals surface area contributed by atoms with Gasteiger partial charge < -0.3 is 15.9 Å². The zero-order chi connectivity index (χ0) is 27.6. The molecule has 2 aliphatic rings. The van der Waals surface area contributed by atoms with Gasteiger partial charge in [-0.25, -0.2) is 0 Å². The van der Waals surface area contributed by atoms with Crippen LogP contribution in [0.4, 0.5) is 0 Å². The Bertz CT molecular complexity index is 1340. The van der Waals surface area contributed by atoms with E-state index in [1.165, 1.54) is 16.3 Å². The molecule has 0 amide bonds. The molecule has 1 unspecified atom stereocenters. The number of piperidine rings is 1. The first-order valence-electron chi connectivity index (χ1n) is 14.0. The SMILES string of the molecule is C/C=C\C=C/C(C)CC(=N)C1=CC=C(OC)C=C(C(N)=NC2CCN(Cc3ccc4ccccc4c3)CC2)C1. The minimum atomic E-state index is 0.209. The molecule has 0 aromatic heterocycles. The summed E-state index contributed by atoms with van der Waals surface area (Å²) in [5.74, 6) is 1.58. The number of likely N-dealkylation sites (tertiary alicyclic amines) is 1. The Labute approximate surface area is 233 Å². The molecule has 1 heterocycles. The highest BCUT2D eigenvalue weighted by Crippen LogP contribution is 2.24. The number of nitrogens with one attached hydrogen (secondary N) is 1. The summed E-state index contributed by atoms with van der Waals surface area (Å²) in [5.41, 5.74) is 10.5. The molecule has 1 atom stereocenters. The Balaban J connectivity index is 1.36. The summed E-state index contributed by atoms with van der Waals surface area (Å²) < 4.78 is 5.55. The lowest BCUT2D eigenvalue weighted by Gasteiger charge is -2.30. The molecule has 0 bridgehead atoms. The summed E-state index contributed by atoms with van der Waals surface area (Å²) in [4.78, 5) is 7.47. The first-order chi connectivity index (χ1) is 18.9. The van der Waals surface area contributed by atoms with E-state index >= 15 is 0 Å². The molecule has 2 aromatic carbocycles. The zero-order valence-corrected chi connectivity index (χ0v) is 23.6. The van der Waals surface area contributed by atoms with Crippen LogP contribution < -0.4 is 5.73 Å². The number of allylic oxidation sites excluding steroid dienone is 8. The second-order valence-corrected chi connectivity index (χ2v) is 10.6. The van der Waals surface area contributed by atoms with Crippen LogP contribution in [-0.4, -0.2) is 42.7 Å². The molecule has 1 fully saturated rings. The van der Waals surface area contributed by atoms with E-state index in [0.717, 1.165) is 49.4 Å². The van der Waals surface area contributed by atoms with Crippen molar-refractivity contribution in [1.29, 1.82) is 5.41 Å². The fourth-order valence-corrected chi connectivity index (χ4v) is 5.18. The molecule has 39 heavy (non-hydrogen) atoms. The molecule has 0 spiro atoms. The number of nitrogens with two attached hydrogens (primary N) is 1. The topological polar surface area (TPSA) is 74.7 Å². The van der Waals surface area contributed by atoms with Gasteiger partial charge in [0.25, 0.3) is 0 Å². The second kappa shape index (κ2) is 13.9. The molecule has 2 aromatic rings. The van der Waals surface area contributed by atoms with E-state index in [1.54, 1.807) is 7.11 Å². The number of fused-ring (bicyclic) bond motifs is 1. The molecule has 5 nitrogen and oxygen atoms in total. The first-order valence-corrected chi connectivity index (χ1v) is 14.0. The number of hydrogen-bond acceptors (Lipinski definition) is 4. The van der Waals surface area contributed by atoms with Crippen LogP contribution in [0.5, 0.6) is 0 Å². The Hall–Kier alpha value is -3.70. The van der Waals surface area contributed by atoms with Crippen molar-refractivity contribution in [2.75, 3.05) is 20.2 Å². The van der Waals surface area contributed by atoms with E-state index in [2.05, 4.69) is 60.4 Å². The third kappa shape index (κ3) is 8.14. The number of rotatable bonds is 10. The van der Waals surface area contributed by atoms with Gasteiger partial charge in [0, 0.05) is 37.3 Å². The van der Waals surface area contributed by atoms with Crippen molar-refractivity contribution in [2.24, 2.45) is 16.6 Å². The highest BCUT2D eigenvalue weighted by atomic mass is 16.5. The van der Waals surface area contributed by atoms with Crippen molar-refractivity contribution >= 4 is 22.3 Å². The maximum absolute atomic E-state index is 8.75. The van der Waals surface area contributed by atoms with Crippen LogP contribution in [0.2, 0.25) is 0 Å². The molecule has 1 saturated heterocycles. The van der Waals surface area contributed by atoms with Gasteiger partial charge in [-0.1, -0.05) is 73.7 Å². The lowest BCUT2D eigenvalue weighted by Crippen LogP contribution is -2.35. The van der Waals surface area contributed by atoms with Gasteiger partial charge in [-0.2, -0.15) is 0 Å². The monoisotopic (exact) mass is 522 g/mol. The van der Waals surface area contributed by atoms with Crippen molar-refractivity contribution in [2.45, 2.75) is 52.1 Å². The van der Waals surface area contributed by atoms with E-state index in [4.69, 9.17) is 20.9 Å². The predicted molar refractivity (Wildman–Crippen MR) is 165 cm³/mol. The number of hydrogen-bond donors (Lipinski definition) is 2. The van der Waals surface area contributed by atoms with E-state index in [-0.39, 0.29) is 12.0 Å². The molecule has 4 rings (SSSR count). The average Bonchev–Trinajstić information content (AvgIpc) is 3.17. The number of methoxy groups -OCH3 is 1. The van der Waals surface area contributed by atoms with Gasteiger partial charge in [0.05, 0.1) is 13.2 Å². The van der Waals surface area contributed by atoms with Crippen LogP contribution >= 0.6 is 0 Å². The molecule has 1 aliphatic heterocycles. The molecule has 5 heteroatoms. The normalized spacial score (nSPS) is 18.6. The summed E-state index contributed by atoms with van der Waals surface area (Å²) in [6, 6.07) is 15.5. The van der Waals surface area contributed by atoms with Crippen LogP contribution in [0.25, 0.3) is 10.8 Å². The smallest absolute Gasteiger partial charge is 0.122 e. The van der Waals surface area contributed by atoms with Gasteiger partial charge in [0.1, 0.15) is 11.6 Å². The van der Waals surface area contributed by atoms with Gasteiger partial charge in [-0.3, -0.25) is 9.89 Å². The van der Waals surface area contributed by atoms with Gasteiger partial charge in [0.2, 0.25) is 0 Å². The first kappa shape index (κ1) is 28.3. The van der Waals surface area contributed by atoms with Crippen LogP contribution in [-0.2, 0) is 11.3 Å². The van der Waals surface area contributed by atoms with E-state index in [1.807, 2.05) is 43.4 Å². The highest BCUT2D eigenvalue weighted by molar-refractivity contribution is 6.03.